The smallest absolute Gasteiger partial charge is 0.245 e. The fourth-order valence-corrected chi connectivity index (χ4v) is 3.81. The molecule has 0 saturated carbocycles. The topological polar surface area (TPSA) is 77.2 Å². The molecule has 30 heavy (non-hydrogen) atoms. The molecule has 0 saturated heterocycles. The number of nitrogens with zero attached hydrogens (tertiary/aromatic N) is 3. The lowest BCUT2D eigenvalue weighted by molar-refractivity contribution is -0.136. The van der Waals surface area contributed by atoms with Gasteiger partial charge in [-0.25, -0.2) is 9.99 Å². The van der Waals surface area contributed by atoms with Crippen LogP contribution in [0.3, 0.4) is 0 Å². The Balaban J connectivity index is 1.83. The number of hydrogen-bond acceptors (Lipinski definition) is 6. The van der Waals surface area contributed by atoms with Crippen molar-refractivity contribution in [3.8, 4) is 11.5 Å². The lowest BCUT2D eigenvalue weighted by Gasteiger charge is -2.24. The zero-order valence-corrected chi connectivity index (χ0v) is 17.9. The Morgan fingerprint density at radius 3 is 2.70 bits per heavy atom. The van der Waals surface area contributed by atoms with E-state index in [1.807, 2.05) is 26.0 Å². The van der Waals surface area contributed by atoms with Gasteiger partial charge in [0.25, 0.3) is 0 Å². The van der Waals surface area contributed by atoms with Gasteiger partial charge >= 0.3 is 0 Å². The predicted molar refractivity (Wildman–Crippen MR) is 114 cm³/mol. The van der Waals surface area contributed by atoms with E-state index in [0.717, 1.165) is 5.39 Å². The van der Waals surface area contributed by atoms with Crippen molar-refractivity contribution in [1.29, 1.82) is 0 Å². The summed E-state index contributed by atoms with van der Waals surface area (Å²) in [7, 11) is 3.17. The van der Waals surface area contributed by atoms with Gasteiger partial charge in [-0.2, -0.15) is 5.10 Å². The molecule has 0 spiro atoms. The number of furan rings is 1. The lowest BCUT2D eigenvalue weighted by atomic mass is 9.99. The quantitative estimate of drug-likeness (QED) is 0.545. The highest BCUT2D eigenvalue weighted by atomic mass is 35.5. The molecule has 8 heteroatoms. The maximum absolute atomic E-state index is 12.9. The van der Waals surface area contributed by atoms with E-state index in [1.54, 1.807) is 38.7 Å². The number of benzene rings is 1. The van der Waals surface area contributed by atoms with Crippen molar-refractivity contribution in [3.63, 3.8) is 0 Å². The summed E-state index contributed by atoms with van der Waals surface area (Å²) in [5, 5.41) is 7.15. The highest BCUT2D eigenvalue weighted by Crippen LogP contribution is 2.40. The second-order valence-electron chi connectivity index (χ2n) is 7.35. The van der Waals surface area contributed by atoms with E-state index in [4.69, 9.17) is 25.5 Å². The number of aromatic nitrogens is 1. The first-order valence-electron chi connectivity index (χ1n) is 9.59. The average Bonchev–Trinajstić information content (AvgIpc) is 3.41. The number of methoxy groups -OCH3 is 2. The van der Waals surface area contributed by atoms with Gasteiger partial charge in [-0.05, 0) is 18.2 Å². The van der Waals surface area contributed by atoms with Gasteiger partial charge in [0.1, 0.15) is 28.1 Å². The average molecular weight is 428 g/mol. The Kier molecular flexibility index (Phi) is 5.39. The molecule has 1 amide bonds. The van der Waals surface area contributed by atoms with Crippen molar-refractivity contribution >= 4 is 34.1 Å². The van der Waals surface area contributed by atoms with Gasteiger partial charge in [-0.3, -0.25) is 4.79 Å². The van der Waals surface area contributed by atoms with Gasteiger partial charge < -0.3 is 13.9 Å². The summed E-state index contributed by atoms with van der Waals surface area (Å²) in [5.74, 6) is 1.54. The molecule has 2 aromatic heterocycles. The van der Waals surface area contributed by atoms with Crippen LogP contribution >= 0.6 is 11.6 Å². The first-order chi connectivity index (χ1) is 14.4. The zero-order chi connectivity index (χ0) is 21.4. The van der Waals surface area contributed by atoms with E-state index in [9.17, 15) is 4.79 Å². The normalized spacial score (nSPS) is 16.3. The zero-order valence-electron chi connectivity index (χ0n) is 17.2. The van der Waals surface area contributed by atoms with Crippen LogP contribution in [0.4, 0.5) is 0 Å². The highest BCUT2D eigenvalue weighted by Gasteiger charge is 2.36. The third-order valence-electron chi connectivity index (χ3n) is 5.10. The summed E-state index contributed by atoms with van der Waals surface area (Å²) < 4.78 is 16.4. The van der Waals surface area contributed by atoms with Crippen LogP contribution in [-0.4, -0.2) is 35.8 Å². The molecule has 0 bridgehead atoms. The Bertz CT molecular complexity index is 1130. The largest absolute Gasteiger partial charge is 0.497 e. The van der Waals surface area contributed by atoms with Gasteiger partial charge in [-0.15, -0.1) is 0 Å². The summed E-state index contributed by atoms with van der Waals surface area (Å²) in [6.07, 6.45) is 2.06. The number of hydrogen-bond donors (Lipinski definition) is 0. The van der Waals surface area contributed by atoms with E-state index >= 15 is 0 Å². The van der Waals surface area contributed by atoms with Crippen LogP contribution in [-0.2, 0) is 4.79 Å². The van der Waals surface area contributed by atoms with Crippen LogP contribution in [0.5, 0.6) is 11.5 Å². The van der Waals surface area contributed by atoms with Gasteiger partial charge in [0.15, 0.2) is 0 Å². The number of pyridine rings is 1. The molecule has 7 nitrogen and oxygen atoms in total. The minimum Gasteiger partial charge on any atom is -0.497 e. The van der Waals surface area contributed by atoms with Gasteiger partial charge in [0.05, 0.1) is 32.0 Å². The van der Waals surface area contributed by atoms with E-state index in [-0.39, 0.29) is 11.8 Å². The Hall–Kier alpha value is -3.06. The fourth-order valence-electron chi connectivity index (χ4n) is 3.54. The van der Waals surface area contributed by atoms with Crippen molar-refractivity contribution in [2.45, 2.75) is 26.3 Å². The third kappa shape index (κ3) is 3.50. The van der Waals surface area contributed by atoms with E-state index in [1.165, 1.54) is 5.01 Å². The number of amides is 1. The van der Waals surface area contributed by atoms with Crippen molar-refractivity contribution in [1.82, 2.24) is 9.99 Å². The van der Waals surface area contributed by atoms with Crippen molar-refractivity contribution < 1.29 is 18.7 Å². The molecule has 0 unspecified atom stereocenters. The molecule has 0 aliphatic carbocycles. The second-order valence-corrected chi connectivity index (χ2v) is 7.70. The molecule has 1 aliphatic rings. The van der Waals surface area contributed by atoms with Gasteiger partial charge in [0.2, 0.25) is 5.91 Å². The first-order valence-corrected chi connectivity index (χ1v) is 9.97. The minimum atomic E-state index is -0.392. The fraction of sp³-hybridized carbons (Fsp3) is 0.318. The van der Waals surface area contributed by atoms with Crippen molar-refractivity contribution in [3.05, 3.63) is 53.1 Å². The van der Waals surface area contributed by atoms with Crippen LogP contribution in [0.2, 0.25) is 5.15 Å². The predicted octanol–water partition coefficient (Wildman–Crippen LogP) is 4.83. The monoisotopic (exact) mass is 427 g/mol. The van der Waals surface area contributed by atoms with Crippen molar-refractivity contribution in [2.75, 3.05) is 14.2 Å². The molecule has 1 aliphatic heterocycles. The van der Waals surface area contributed by atoms with E-state index in [0.29, 0.717) is 45.6 Å². The summed E-state index contributed by atoms with van der Waals surface area (Å²) in [6, 6.07) is 8.73. The molecular formula is C22H22ClN3O4. The van der Waals surface area contributed by atoms with E-state index in [2.05, 4.69) is 10.1 Å². The maximum atomic E-state index is 12.9. The van der Waals surface area contributed by atoms with E-state index < -0.39 is 6.04 Å². The second kappa shape index (κ2) is 7.99. The van der Waals surface area contributed by atoms with Crippen LogP contribution < -0.4 is 9.47 Å². The first kappa shape index (κ1) is 20.2. The third-order valence-corrected chi connectivity index (χ3v) is 5.40. The van der Waals surface area contributed by atoms with Crippen LogP contribution in [0.15, 0.2) is 46.1 Å². The summed E-state index contributed by atoms with van der Waals surface area (Å²) in [5.41, 5.74) is 2.04. The van der Waals surface area contributed by atoms with Gasteiger partial charge in [-0.1, -0.05) is 25.4 Å². The Morgan fingerprint density at radius 1 is 1.27 bits per heavy atom. The van der Waals surface area contributed by atoms with Crippen molar-refractivity contribution in [2.24, 2.45) is 11.0 Å². The summed E-state index contributed by atoms with van der Waals surface area (Å²) in [4.78, 5) is 17.5. The molecule has 0 N–H and O–H groups in total. The SMILES string of the molecule is COc1cc(OC)c2cc([C@@H]3CC(c4ccco4)=NN3C(=O)C(C)C)c(Cl)nc2c1. The molecular weight excluding hydrogens is 406 g/mol. The number of halogens is 1. The molecule has 0 fully saturated rings. The molecule has 156 valence electrons. The summed E-state index contributed by atoms with van der Waals surface area (Å²) >= 11 is 6.59. The molecule has 3 aromatic rings. The number of hydrazone groups is 1. The molecule has 1 aromatic carbocycles. The number of fused-ring (bicyclic) bond motifs is 1. The van der Waals surface area contributed by atoms with Gasteiger partial charge in [0, 0.05) is 35.4 Å². The van der Waals surface area contributed by atoms with Crippen LogP contribution in [0.25, 0.3) is 10.9 Å². The highest BCUT2D eigenvalue weighted by molar-refractivity contribution is 6.30. The lowest BCUT2D eigenvalue weighted by Crippen LogP contribution is -2.30. The summed E-state index contributed by atoms with van der Waals surface area (Å²) in [6.45, 7) is 3.69. The standard InChI is InChI=1S/C22H22ClN3O4/c1-12(2)22(27)26-18(11-17(25-26)19-6-5-7-30-19)15-10-14-16(24-21(15)23)8-13(28-3)9-20(14)29-4/h5-10,12,18H,11H2,1-4H3/t18-/m0/s1. The molecule has 4 rings (SSSR count). The molecule has 3 heterocycles. The Labute approximate surface area is 179 Å². The van der Waals surface area contributed by atoms with Crippen LogP contribution in [0.1, 0.15) is 37.6 Å². The number of carbonyl (C=O) groups is 1. The van der Waals surface area contributed by atoms with Crippen LogP contribution in [0, 0.1) is 5.92 Å². The molecule has 1 atom stereocenters. The minimum absolute atomic E-state index is 0.0978. The number of ether oxygens (including phenoxy) is 2. The number of rotatable bonds is 5. The maximum Gasteiger partial charge on any atom is 0.245 e. The molecule has 0 radical (unpaired) electrons. The Morgan fingerprint density at radius 2 is 2.07 bits per heavy atom. The number of carbonyl (C=O) groups excluding carboxylic acids is 1.